The van der Waals surface area contributed by atoms with Crippen molar-refractivity contribution in [3.63, 3.8) is 0 Å². The largest absolute Gasteiger partial charge is 0.573 e. The van der Waals surface area contributed by atoms with Crippen LogP contribution in [0.5, 0.6) is 17.2 Å². The molecule has 658 valence electrons. The molecule has 0 radical (unpaired) electrons. The van der Waals surface area contributed by atoms with Crippen LogP contribution in [0.3, 0.4) is 0 Å². The molecule has 0 aliphatic carbocycles. The molecular weight excluding hydrogens is 1690 g/mol. The van der Waals surface area contributed by atoms with Gasteiger partial charge in [0.05, 0.1) is 25.3 Å². The fourth-order valence-electron chi connectivity index (χ4n) is 11.1. The Hall–Kier alpha value is -15.3. The predicted octanol–water partition coefficient (Wildman–Crippen LogP) is 22.0. The molecule has 0 unspecified atom stereocenters. The zero-order chi connectivity index (χ0) is 92.3. The third kappa shape index (κ3) is 30.6. The summed E-state index contributed by atoms with van der Waals surface area (Å²) >= 11 is 0. The first-order valence-electron chi connectivity index (χ1n) is 37.9. The van der Waals surface area contributed by atoms with Crippen molar-refractivity contribution >= 4 is 126 Å². The summed E-state index contributed by atoms with van der Waals surface area (Å²) in [5.74, 6) is -0.958. The predicted molar refractivity (Wildman–Crippen MR) is 467 cm³/mol. The summed E-state index contributed by atoms with van der Waals surface area (Å²) in [7, 11) is -0.800. The van der Waals surface area contributed by atoms with Gasteiger partial charge in [-0.05, 0) is 188 Å². The van der Waals surface area contributed by atoms with E-state index < -0.39 is 63.1 Å². The van der Waals surface area contributed by atoms with Gasteiger partial charge in [0.15, 0.2) is 34.8 Å². The van der Waals surface area contributed by atoms with Crippen LogP contribution in [0, 0.1) is 12.7 Å². The minimum Gasteiger partial charge on any atom is -0.497 e. The van der Waals surface area contributed by atoms with Crippen LogP contribution in [0.2, 0.25) is 0 Å². The summed E-state index contributed by atoms with van der Waals surface area (Å²) < 4.78 is 170. The number of nitrogens with one attached hydrogen (secondary N) is 8. The van der Waals surface area contributed by atoms with Crippen LogP contribution in [-0.4, -0.2) is 92.0 Å². The Balaban J connectivity index is 0.000000191. The second-order valence-electron chi connectivity index (χ2n) is 28.0. The number of primary sulfonamides is 1. The monoisotopic (exact) mass is 1770 g/mol. The van der Waals surface area contributed by atoms with Crippen molar-refractivity contribution in [1.82, 2.24) is 39.9 Å². The van der Waals surface area contributed by atoms with Crippen molar-refractivity contribution in [3.05, 3.63) is 311 Å². The number of ketones is 4. The molecule has 10 N–H and O–H groups in total. The number of rotatable bonds is 30. The maximum absolute atomic E-state index is 14.2. The topological polar surface area (TPSA) is 355 Å². The van der Waals surface area contributed by atoms with Crippen LogP contribution >= 0.6 is 0 Å². The van der Waals surface area contributed by atoms with E-state index in [-0.39, 0.29) is 75.4 Å². The number of ether oxygens (including phenoxy) is 3. The summed E-state index contributed by atoms with van der Waals surface area (Å²) in [5, 5.41) is 28.0. The molecule has 0 saturated carbocycles. The Labute approximate surface area is 723 Å². The van der Waals surface area contributed by atoms with Gasteiger partial charge >= 0.3 is 18.7 Å². The Morgan fingerprint density at radius 2 is 0.748 bits per heavy atom. The van der Waals surface area contributed by atoms with Gasteiger partial charge < -0.3 is 56.7 Å². The molecule has 0 saturated heterocycles. The lowest BCUT2D eigenvalue weighted by atomic mass is 10.1. The average molecular weight is 1770 g/mol. The molecule has 26 nitrogen and oxygen atoms in total. The van der Waals surface area contributed by atoms with Gasteiger partial charge in [0, 0.05) is 111 Å². The standard InChI is InChI=1S/2C23H21F3N4O2.C22H18F4N4O2.C22H23N5O3S/c1-14(2)10-20(31)15-6-4-7-16(11-15)28-21-19(23(24,25)26)13-27-22(30-21)29-17-8-5-9-18(12-17)32-3;1-3-18(31)11-10-15-6-4-7-16(12-15)28-21-20(23(24,25)26)14-27-22(30-21)29-17-8-5-9-19(13-17)32-2;1-13(2)9-19(31)14-5-3-6-15(10-14)28-20-18(23)12-27-21(30-20)29-16-7-4-8-17(11-16)32-22(24,25)26;1-14(2)10-20(28)16-6-4-7-17(11-16)25-21-15(3)13-24-22(27-21)26-18-8-5-9-19(12-18)31(23,29)30/h4-13H,1-3H3,(H2,27,28,29,30);3-9,12-14H,1,10-11H2,2H3,(H2,27,28,29,30);3-12H,1-2H3,(H2,27,28,29,30);4-13H,1-3H3,(H2,23,29,30)(H2,24,25,26,27). The molecule has 0 fully saturated rings. The van der Waals surface area contributed by atoms with Gasteiger partial charge in [-0.25, -0.2) is 37.9 Å². The third-order valence-electron chi connectivity index (χ3n) is 16.9. The van der Waals surface area contributed by atoms with E-state index in [1.165, 1.54) is 62.8 Å². The highest BCUT2D eigenvalue weighted by atomic mass is 32.2. The van der Waals surface area contributed by atoms with Crippen LogP contribution < -0.4 is 61.9 Å². The Morgan fingerprint density at radius 3 is 1.14 bits per heavy atom. The number of halogens is 10. The SMILES string of the molecule is C=CC(=O)CCc1cccc(Nc2nc(Nc3cccc(OC)c3)ncc2C(F)(F)F)c1.CC(C)=CC(=O)c1cccc(Nc2nc(Nc3cccc(OC(F)(F)F)c3)ncc2F)c1.CC(C)=CC(=O)c1cccc(Nc2nc(Nc3cccc(S(N)(=O)=O)c3)ncc2C)c1.COc1cccc(Nc2ncc(C(F)(F)F)c(Nc3cccc(C(=O)C=C(C)C)c3)n2)c1. The Bertz CT molecular complexity index is 6180. The van der Waals surface area contributed by atoms with E-state index >= 15 is 0 Å². The van der Waals surface area contributed by atoms with Gasteiger partial charge in [-0.3, -0.25) is 19.2 Å². The molecule has 4 heterocycles. The number of nitrogens with two attached hydrogens (primary N) is 1. The summed E-state index contributed by atoms with van der Waals surface area (Å²) in [4.78, 5) is 80.4. The zero-order valence-electron chi connectivity index (χ0n) is 69.2. The van der Waals surface area contributed by atoms with Crippen molar-refractivity contribution in [3.8, 4) is 17.2 Å². The maximum atomic E-state index is 14.2. The van der Waals surface area contributed by atoms with Gasteiger partial charge in [0.2, 0.25) is 33.8 Å². The number of methoxy groups -OCH3 is 2. The molecule has 127 heavy (non-hydrogen) atoms. The first kappa shape index (κ1) is 95.6. The number of hydrogen-bond acceptors (Lipinski definition) is 25. The Kier molecular flexibility index (Phi) is 32.9. The number of benzene rings is 8. The minimum absolute atomic E-state index is 0.0125. The van der Waals surface area contributed by atoms with Crippen molar-refractivity contribution in [2.45, 2.75) is 84.9 Å². The van der Waals surface area contributed by atoms with E-state index in [0.29, 0.717) is 80.7 Å². The molecule has 0 aliphatic rings. The fraction of sp³-hybridized carbons (Fsp3) is 0.156. The summed E-state index contributed by atoms with van der Waals surface area (Å²) in [6.45, 7) is 16.2. The highest BCUT2D eigenvalue weighted by molar-refractivity contribution is 7.89. The second kappa shape index (κ2) is 43.7. The zero-order valence-corrected chi connectivity index (χ0v) is 70.0. The highest BCUT2D eigenvalue weighted by Gasteiger charge is 2.37. The van der Waals surface area contributed by atoms with Gasteiger partial charge in [0.25, 0.3) is 0 Å². The molecular formula is C90H83F10N17O9S. The number of alkyl halides is 9. The summed E-state index contributed by atoms with van der Waals surface area (Å²) in [6, 6.07) is 51.4. The summed E-state index contributed by atoms with van der Waals surface area (Å²) in [5.41, 5.74) is 7.07. The van der Waals surface area contributed by atoms with Gasteiger partial charge in [-0.1, -0.05) is 96.1 Å². The lowest BCUT2D eigenvalue weighted by Gasteiger charge is -2.15. The molecule has 0 spiro atoms. The lowest BCUT2D eigenvalue weighted by molar-refractivity contribution is -0.274. The second-order valence-corrected chi connectivity index (χ2v) is 29.6. The molecule has 8 aromatic carbocycles. The molecule has 12 aromatic rings. The minimum atomic E-state index is -4.83. The number of sulfonamides is 1. The van der Waals surface area contributed by atoms with E-state index in [4.69, 9.17) is 14.6 Å². The first-order chi connectivity index (χ1) is 60.1. The van der Waals surface area contributed by atoms with E-state index in [1.54, 1.807) is 186 Å². The number of nitrogens with zero attached hydrogens (tertiary/aromatic N) is 8. The number of aryl methyl sites for hydroxylation is 2. The normalized spacial score (nSPS) is 11.0. The van der Waals surface area contributed by atoms with E-state index in [2.05, 4.69) is 93.7 Å². The number of carbonyl (C=O) groups excluding carboxylic acids is 4. The van der Waals surface area contributed by atoms with Crippen molar-refractivity contribution in [2.75, 3.05) is 56.8 Å². The molecule has 0 amide bonds. The smallest absolute Gasteiger partial charge is 0.497 e. The number of aromatic nitrogens is 8. The number of hydrogen-bond donors (Lipinski definition) is 9. The van der Waals surface area contributed by atoms with E-state index in [9.17, 15) is 71.5 Å². The van der Waals surface area contributed by atoms with Crippen molar-refractivity contribution < 1.29 is 85.7 Å². The molecule has 4 aromatic heterocycles. The van der Waals surface area contributed by atoms with Crippen molar-refractivity contribution in [2.24, 2.45) is 5.14 Å². The van der Waals surface area contributed by atoms with Gasteiger partial charge in [0.1, 0.15) is 45.8 Å². The number of carbonyl (C=O) groups is 4. The highest BCUT2D eigenvalue weighted by Crippen LogP contribution is 2.39. The Morgan fingerprint density at radius 1 is 0.417 bits per heavy atom. The average Bonchev–Trinajstić information content (AvgIpc) is 0.804. The molecule has 0 aliphatic heterocycles. The third-order valence-corrected chi connectivity index (χ3v) is 17.8. The van der Waals surface area contributed by atoms with Gasteiger partial charge in [-0.15, -0.1) is 13.2 Å². The summed E-state index contributed by atoms with van der Waals surface area (Å²) in [6.07, 6.45) is -3.68. The van der Waals surface area contributed by atoms with Crippen LogP contribution in [0.25, 0.3) is 0 Å². The quantitative estimate of drug-likeness (QED) is 0.0115. The molecule has 0 atom stereocenters. The first-order valence-corrected chi connectivity index (χ1v) is 39.5. The van der Waals surface area contributed by atoms with Gasteiger partial charge in [-0.2, -0.15) is 46.3 Å². The molecule has 12 rings (SSSR count). The molecule has 0 bridgehead atoms. The number of anilines is 16. The van der Waals surface area contributed by atoms with Crippen LogP contribution in [-0.2, 0) is 33.6 Å². The van der Waals surface area contributed by atoms with Crippen LogP contribution in [0.15, 0.2) is 271 Å². The van der Waals surface area contributed by atoms with Crippen LogP contribution in [0.1, 0.15) is 101 Å². The van der Waals surface area contributed by atoms with E-state index in [0.717, 1.165) is 52.4 Å². The maximum Gasteiger partial charge on any atom is 0.573 e. The van der Waals surface area contributed by atoms with Crippen LogP contribution in [0.4, 0.5) is 136 Å². The number of allylic oxidation sites excluding steroid dienone is 7. The van der Waals surface area contributed by atoms with Crippen molar-refractivity contribution in [1.29, 1.82) is 0 Å². The van der Waals surface area contributed by atoms with E-state index in [1.807, 2.05) is 26.8 Å². The lowest BCUT2D eigenvalue weighted by Crippen LogP contribution is -2.17. The molecule has 37 heteroatoms. The fourth-order valence-corrected chi connectivity index (χ4v) is 11.6.